The molecular formula is C16H17N3O2. The fourth-order valence-electron chi connectivity index (χ4n) is 2.51. The SMILES string of the molecule is CCOC(=O)c1cc(N2Cc3ccccc3C2)ncc1N. The number of ether oxygens (including phenoxy) is 1. The predicted octanol–water partition coefficient (Wildman–Crippen LogP) is 2.36. The molecule has 0 saturated carbocycles. The molecule has 108 valence electrons. The van der Waals surface area contributed by atoms with Gasteiger partial charge in [-0.1, -0.05) is 24.3 Å². The largest absolute Gasteiger partial charge is 0.462 e. The molecule has 0 atom stereocenters. The second-order valence-corrected chi connectivity index (χ2v) is 4.97. The lowest BCUT2D eigenvalue weighted by Gasteiger charge is -2.17. The van der Waals surface area contributed by atoms with Crippen LogP contribution in [0, 0.1) is 0 Å². The van der Waals surface area contributed by atoms with E-state index in [1.165, 1.54) is 17.3 Å². The number of esters is 1. The number of aromatic nitrogens is 1. The molecule has 1 aliphatic rings. The van der Waals surface area contributed by atoms with E-state index in [-0.39, 0.29) is 0 Å². The van der Waals surface area contributed by atoms with E-state index in [2.05, 4.69) is 22.0 Å². The Morgan fingerprint density at radius 2 is 2.00 bits per heavy atom. The fraction of sp³-hybridized carbons (Fsp3) is 0.250. The molecule has 0 saturated heterocycles. The molecule has 0 radical (unpaired) electrons. The van der Waals surface area contributed by atoms with Crippen LogP contribution < -0.4 is 10.6 Å². The minimum absolute atomic E-state index is 0.324. The van der Waals surface area contributed by atoms with Crippen molar-refractivity contribution < 1.29 is 9.53 Å². The molecule has 2 N–H and O–H groups in total. The number of benzene rings is 1. The number of nitrogen functional groups attached to an aromatic ring is 1. The zero-order valence-corrected chi connectivity index (χ0v) is 11.9. The average molecular weight is 283 g/mol. The second-order valence-electron chi connectivity index (χ2n) is 4.97. The first-order valence-corrected chi connectivity index (χ1v) is 6.93. The van der Waals surface area contributed by atoms with Crippen LogP contribution in [0.2, 0.25) is 0 Å². The third-order valence-corrected chi connectivity index (χ3v) is 3.58. The van der Waals surface area contributed by atoms with Crippen molar-refractivity contribution in [1.82, 2.24) is 4.98 Å². The van der Waals surface area contributed by atoms with Gasteiger partial charge in [-0.3, -0.25) is 0 Å². The van der Waals surface area contributed by atoms with Crippen molar-refractivity contribution in [3.05, 3.63) is 53.2 Å². The van der Waals surface area contributed by atoms with Crippen LogP contribution in [0.25, 0.3) is 0 Å². The summed E-state index contributed by atoms with van der Waals surface area (Å²) in [5.41, 5.74) is 9.11. The van der Waals surface area contributed by atoms with Gasteiger partial charge in [0, 0.05) is 13.1 Å². The fourth-order valence-corrected chi connectivity index (χ4v) is 2.51. The van der Waals surface area contributed by atoms with Crippen LogP contribution in [0.15, 0.2) is 36.5 Å². The van der Waals surface area contributed by atoms with Crippen molar-refractivity contribution in [3.8, 4) is 0 Å². The second kappa shape index (κ2) is 5.44. The summed E-state index contributed by atoms with van der Waals surface area (Å²) in [5.74, 6) is 0.332. The standard InChI is InChI=1S/C16H17N3O2/c1-2-21-16(20)13-7-15(18-8-14(13)17)19-9-11-5-3-4-6-12(11)10-19/h3-8H,2,9-10,17H2,1H3. The zero-order valence-electron chi connectivity index (χ0n) is 11.9. The molecule has 0 amide bonds. The number of hydrogen-bond acceptors (Lipinski definition) is 5. The Kier molecular flexibility index (Phi) is 3.48. The van der Waals surface area contributed by atoms with Gasteiger partial charge in [0.25, 0.3) is 0 Å². The smallest absolute Gasteiger partial charge is 0.340 e. The topological polar surface area (TPSA) is 68.5 Å². The molecule has 2 aromatic rings. The number of carbonyl (C=O) groups excluding carboxylic acids is 1. The lowest BCUT2D eigenvalue weighted by atomic mass is 10.1. The molecule has 0 spiro atoms. The molecule has 21 heavy (non-hydrogen) atoms. The van der Waals surface area contributed by atoms with Crippen molar-refractivity contribution in [3.63, 3.8) is 0 Å². The highest BCUT2D eigenvalue weighted by Gasteiger charge is 2.21. The van der Waals surface area contributed by atoms with Gasteiger partial charge in [0.15, 0.2) is 0 Å². The predicted molar refractivity (Wildman–Crippen MR) is 80.9 cm³/mol. The van der Waals surface area contributed by atoms with E-state index in [0.29, 0.717) is 17.9 Å². The van der Waals surface area contributed by atoms with Gasteiger partial charge < -0.3 is 15.4 Å². The van der Waals surface area contributed by atoms with Crippen LogP contribution >= 0.6 is 0 Å². The molecule has 5 nitrogen and oxygen atoms in total. The van der Waals surface area contributed by atoms with Crippen LogP contribution in [-0.2, 0) is 17.8 Å². The summed E-state index contributed by atoms with van der Waals surface area (Å²) in [5, 5.41) is 0. The monoisotopic (exact) mass is 283 g/mol. The molecule has 0 fully saturated rings. The van der Waals surface area contributed by atoms with E-state index in [1.807, 2.05) is 12.1 Å². The van der Waals surface area contributed by atoms with Gasteiger partial charge in [-0.05, 0) is 24.1 Å². The lowest BCUT2D eigenvalue weighted by molar-refractivity contribution is 0.0527. The van der Waals surface area contributed by atoms with Crippen LogP contribution in [0.4, 0.5) is 11.5 Å². The number of rotatable bonds is 3. The van der Waals surface area contributed by atoms with Gasteiger partial charge in [0.2, 0.25) is 0 Å². The number of hydrogen-bond donors (Lipinski definition) is 1. The van der Waals surface area contributed by atoms with E-state index in [0.717, 1.165) is 18.9 Å². The van der Waals surface area contributed by atoms with Gasteiger partial charge in [0.1, 0.15) is 5.82 Å². The highest BCUT2D eigenvalue weighted by Crippen LogP contribution is 2.28. The number of carbonyl (C=O) groups is 1. The van der Waals surface area contributed by atoms with Gasteiger partial charge >= 0.3 is 5.97 Å². The van der Waals surface area contributed by atoms with Gasteiger partial charge in [-0.2, -0.15) is 0 Å². The van der Waals surface area contributed by atoms with E-state index < -0.39 is 5.97 Å². The number of pyridine rings is 1. The van der Waals surface area contributed by atoms with Gasteiger partial charge in [0.05, 0.1) is 24.1 Å². The maximum Gasteiger partial charge on any atom is 0.340 e. The number of nitrogens with two attached hydrogens (primary N) is 1. The molecule has 1 aromatic carbocycles. The molecule has 3 rings (SSSR count). The molecule has 2 heterocycles. The summed E-state index contributed by atoms with van der Waals surface area (Å²) >= 11 is 0. The highest BCUT2D eigenvalue weighted by molar-refractivity contribution is 5.95. The molecule has 5 heteroatoms. The first kappa shape index (κ1) is 13.4. The van der Waals surface area contributed by atoms with E-state index in [9.17, 15) is 4.79 Å². The Labute approximate surface area is 123 Å². The number of nitrogens with zero attached hydrogens (tertiary/aromatic N) is 2. The molecule has 1 aliphatic heterocycles. The van der Waals surface area contributed by atoms with Crippen LogP contribution in [0.1, 0.15) is 28.4 Å². The summed E-state index contributed by atoms with van der Waals surface area (Å²) in [6.07, 6.45) is 1.52. The Balaban J connectivity index is 1.88. The molecule has 1 aromatic heterocycles. The van der Waals surface area contributed by atoms with Crippen molar-refractivity contribution in [2.24, 2.45) is 0 Å². The van der Waals surface area contributed by atoms with Crippen molar-refractivity contribution in [2.75, 3.05) is 17.2 Å². The first-order valence-electron chi connectivity index (χ1n) is 6.93. The lowest BCUT2D eigenvalue weighted by Crippen LogP contribution is -2.18. The number of fused-ring (bicyclic) bond motifs is 1. The Bertz CT molecular complexity index is 660. The first-order chi connectivity index (χ1) is 10.2. The summed E-state index contributed by atoms with van der Waals surface area (Å²) in [4.78, 5) is 18.4. The minimum atomic E-state index is -0.407. The molecule has 0 unspecified atom stereocenters. The van der Waals surface area contributed by atoms with Gasteiger partial charge in [-0.15, -0.1) is 0 Å². The van der Waals surface area contributed by atoms with E-state index >= 15 is 0 Å². The van der Waals surface area contributed by atoms with Gasteiger partial charge in [-0.25, -0.2) is 9.78 Å². The Hall–Kier alpha value is -2.56. The quantitative estimate of drug-likeness (QED) is 0.876. The summed E-state index contributed by atoms with van der Waals surface area (Å²) in [6.45, 7) is 3.67. The maximum absolute atomic E-state index is 11.9. The van der Waals surface area contributed by atoms with Crippen LogP contribution in [-0.4, -0.2) is 17.6 Å². The molecule has 0 bridgehead atoms. The van der Waals surface area contributed by atoms with Crippen molar-refractivity contribution in [1.29, 1.82) is 0 Å². The summed E-state index contributed by atoms with van der Waals surface area (Å²) in [7, 11) is 0. The number of anilines is 2. The third-order valence-electron chi connectivity index (χ3n) is 3.58. The third kappa shape index (κ3) is 2.54. The summed E-state index contributed by atoms with van der Waals surface area (Å²) in [6, 6.07) is 9.99. The van der Waals surface area contributed by atoms with Crippen LogP contribution in [0.5, 0.6) is 0 Å². The average Bonchev–Trinajstić information content (AvgIpc) is 2.91. The van der Waals surface area contributed by atoms with E-state index in [4.69, 9.17) is 10.5 Å². The highest BCUT2D eigenvalue weighted by atomic mass is 16.5. The Morgan fingerprint density at radius 3 is 2.62 bits per heavy atom. The summed E-state index contributed by atoms with van der Waals surface area (Å²) < 4.78 is 5.02. The van der Waals surface area contributed by atoms with Crippen LogP contribution in [0.3, 0.4) is 0 Å². The molecule has 0 aliphatic carbocycles. The van der Waals surface area contributed by atoms with Crippen molar-refractivity contribution >= 4 is 17.5 Å². The molecular weight excluding hydrogens is 266 g/mol. The minimum Gasteiger partial charge on any atom is -0.462 e. The Morgan fingerprint density at radius 1 is 1.33 bits per heavy atom. The normalized spacial score (nSPS) is 13.1. The zero-order chi connectivity index (χ0) is 14.8. The maximum atomic E-state index is 11.9. The van der Waals surface area contributed by atoms with E-state index in [1.54, 1.807) is 13.0 Å². The van der Waals surface area contributed by atoms with Crippen molar-refractivity contribution in [2.45, 2.75) is 20.0 Å².